The summed E-state index contributed by atoms with van der Waals surface area (Å²) >= 11 is 31.0. The van der Waals surface area contributed by atoms with Crippen LogP contribution >= 0.6 is 58.0 Å². The highest BCUT2D eigenvalue weighted by Gasteiger charge is 2.32. The largest absolute Gasteiger partial charge is 0.507 e. The van der Waals surface area contributed by atoms with Gasteiger partial charge in [0.1, 0.15) is 121 Å². The zero-order valence-corrected chi connectivity index (χ0v) is 79.5. The molecule has 10 N–H and O–H groups in total. The van der Waals surface area contributed by atoms with Crippen LogP contribution in [-0.2, 0) is 113 Å². The summed E-state index contributed by atoms with van der Waals surface area (Å²) in [7, 11) is 6.09. The van der Waals surface area contributed by atoms with Gasteiger partial charge in [0, 0.05) is 161 Å². The number of benzene rings is 7. The van der Waals surface area contributed by atoms with Crippen LogP contribution in [0.4, 0.5) is 0 Å². The van der Waals surface area contributed by atoms with E-state index in [2.05, 4.69) is 82.3 Å². The van der Waals surface area contributed by atoms with Crippen LogP contribution in [0.25, 0.3) is 0 Å². The summed E-state index contributed by atoms with van der Waals surface area (Å²) in [4.78, 5) is 98.7. The van der Waals surface area contributed by atoms with Crippen molar-refractivity contribution >= 4 is 87.9 Å². The van der Waals surface area contributed by atoms with Crippen molar-refractivity contribution in [2.24, 2.45) is 0 Å². The van der Waals surface area contributed by atoms with Gasteiger partial charge in [-0.3, -0.25) is 9.97 Å². The average Bonchev–Trinajstić information content (AvgIpc) is 1.29. The standard InChI is InChI=1S/C22H23ClN2O4.C21H21ClN2O4.2C19H18ClN3O4.C18H17ClN4O4/c1-22(2,14-7-5-4-6-8-14)25-12-11-24-18(25)10-9-15-19(21(28)29-3)16(26)13-17(27)20(15)23;1-13(14-6-4-3-5-7-14)24-11-10-23-18(24)9-8-15-19(21(27)28-2)16(25)12-17(26)20(15)22;1-27-19(26)17-13(18(20)15(25)9-14(17)24)4-5-16-22-7-8-23(16)11-12-3-2-6-21-10-12;1-27-19(26)17-13(18(20)15(25)10-14(17)24)5-6-16-22-8-9-23(16)11-12-4-2-3-7-21-12;1-27-18(26)16-12(17(19)14(25)6-13(16)24)2-3-15-22-4-5-23(15)9-11-7-20-10-21-8-11/h4-8,11-13,26-27H,9-10H2,1-3H3;3-7,10-13,25-26H,8-9H2,1-2H3;2-3,6-10,24-25H,4-5,11H2,1H3;2-4,7-10,24-25H,5-6,11H2,1H3;4-8,10,24-25H,2-3,9H2,1H3/t;13-;;;/m.1.../s1. The summed E-state index contributed by atoms with van der Waals surface area (Å²) < 4.78 is 33.6. The summed E-state index contributed by atoms with van der Waals surface area (Å²) in [6.45, 7) is 7.97. The average molecular weight is 1980 g/mol. The Balaban J connectivity index is 0.000000165. The van der Waals surface area contributed by atoms with E-state index < -0.39 is 29.8 Å². The van der Waals surface area contributed by atoms with Crippen LogP contribution in [0.2, 0.25) is 25.1 Å². The molecular formula is C99H97Cl5N14O20. The predicted octanol–water partition coefficient (Wildman–Crippen LogP) is 16.7. The molecule has 0 radical (unpaired) electrons. The lowest BCUT2D eigenvalue weighted by Gasteiger charge is -2.29. The fourth-order valence-corrected chi connectivity index (χ4v) is 16.5. The van der Waals surface area contributed by atoms with Gasteiger partial charge in [0.15, 0.2) is 0 Å². The quantitative estimate of drug-likeness (QED) is 0.0148. The Morgan fingerprint density at radius 3 is 1.03 bits per heavy atom. The van der Waals surface area contributed by atoms with Gasteiger partial charge in [0.05, 0.1) is 97.6 Å². The first-order valence-electron chi connectivity index (χ1n) is 42.5. The molecule has 15 rings (SSSR count). The molecule has 138 heavy (non-hydrogen) atoms. The van der Waals surface area contributed by atoms with Crippen molar-refractivity contribution in [1.82, 2.24) is 67.7 Å². The van der Waals surface area contributed by atoms with E-state index in [9.17, 15) is 75.0 Å². The Kier molecular flexibility index (Phi) is 36.1. The molecule has 8 aromatic heterocycles. The van der Waals surface area contributed by atoms with E-state index >= 15 is 0 Å². The number of hydrogen-bond acceptors (Lipinski definition) is 29. The first-order valence-corrected chi connectivity index (χ1v) is 44.4. The highest BCUT2D eigenvalue weighted by molar-refractivity contribution is 6.35. The van der Waals surface area contributed by atoms with E-state index in [4.69, 9.17) is 81.7 Å². The van der Waals surface area contributed by atoms with E-state index in [1.165, 1.54) is 41.9 Å². The number of hydrogen-bond donors (Lipinski definition) is 10. The number of methoxy groups -OCH3 is 5. The molecule has 0 aliphatic rings. The Morgan fingerprint density at radius 2 is 0.659 bits per heavy atom. The summed E-state index contributed by atoms with van der Waals surface area (Å²) in [5.74, 6) is -3.10. The summed E-state index contributed by atoms with van der Waals surface area (Å²) in [5, 5.41) is 100. The lowest BCUT2D eigenvalue weighted by molar-refractivity contribution is 0.0586. The SMILES string of the molecule is COC(=O)c1c(O)cc(O)c(Cl)c1CCc1nccn1C(C)(C)c1ccccc1.COC(=O)c1c(O)cc(O)c(Cl)c1CCc1nccn1Cc1ccccn1.COC(=O)c1c(O)cc(O)c(Cl)c1CCc1nccn1Cc1cccnc1.COC(=O)c1c(O)cc(O)c(Cl)c1CCc1nccn1Cc1cncnc1.COC(=O)c1c(O)cc(O)c(Cl)c1CCc1nccn1[C@H](C)c1ccccc1. The Labute approximate surface area is 816 Å². The highest BCUT2D eigenvalue weighted by atomic mass is 35.5. The van der Waals surface area contributed by atoms with Crippen LogP contribution < -0.4 is 0 Å². The number of aromatic hydroxyl groups is 10. The lowest BCUT2D eigenvalue weighted by Crippen LogP contribution is -2.29. The number of nitrogens with zero attached hydrogens (tertiary/aromatic N) is 14. The third-order valence-electron chi connectivity index (χ3n) is 22.3. The van der Waals surface area contributed by atoms with Crippen LogP contribution in [0.3, 0.4) is 0 Å². The molecule has 15 aromatic rings. The van der Waals surface area contributed by atoms with Crippen molar-refractivity contribution in [1.29, 1.82) is 0 Å². The Morgan fingerprint density at radius 1 is 0.333 bits per heavy atom. The number of esters is 5. The lowest BCUT2D eigenvalue weighted by atomic mass is 9.93. The van der Waals surface area contributed by atoms with E-state index in [1.807, 2.05) is 128 Å². The molecule has 1 atom stereocenters. The maximum Gasteiger partial charge on any atom is 0.341 e. The second kappa shape index (κ2) is 48.3. The molecule has 0 saturated heterocycles. The number of halogens is 5. The van der Waals surface area contributed by atoms with Crippen LogP contribution in [0.5, 0.6) is 57.5 Å². The van der Waals surface area contributed by atoms with Crippen molar-refractivity contribution in [3.8, 4) is 57.5 Å². The first kappa shape index (κ1) is 103. The van der Waals surface area contributed by atoms with E-state index in [1.54, 1.807) is 62.0 Å². The van der Waals surface area contributed by atoms with Crippen LogP contribution in [-0.4, -0.2) is 184 Å². The molecule has 8 heterocycles. The topological polar surface area (TPSA) is 474 Å². The van der Waals surface area contributed by atoms with Gasteiger partial charge in [-0.2, -0.15) is 0 Å². The minimum Gasteiger partial charge on any atom is -0.507 e. The summed E-state index contributed by atoms with van der Waals surface area (Å²) in [5.41, 5.74) is 6.09. The molecule has 7 aromatic carbocycles. The zero-order chi connectivity index (χ0) is 99.6. The maximum atomic E-state index is 12.1. The number of pyridine rings is 2. The molecule has 718 valence electrons. The molecule has 0 amide bonds. The second-order valence-corrected chi connectivity index (χ2v) is 33.1. The Bertz CT molecular complexity index is 6370. The van der Waals surface area contributed by atoms with Crippen LogP contribution in [0, 0.1) is 0 Å². The van der Waals surface area contributed by atoms with Crippen LogP contribution in [0.1, 0.15) is 163 Å². The van der Waals surface area contributed by atoms with Gasteiger partial charge in [0.2, 0.25) is 0 Å². The predicted molar refractivity (Wildman–Crippen MR) is 512 cm³/mol. The number of rotatable bonds is 30. The number of carbonyl (C=O) groups excluding carboxylic acids is 5. The highest BCUT2D eigenvalue weighted by Crippen LogP contribution is 2.44. The molecule has 0 unspecified atom stereocenters. The van der Waals surface area contributed by atoms with E-state index in [0.717, 1.165) is 87.4 Å². The molecule has 0 spiro atoms. The number of phenolic OH excluding ortho intramolecular Hbond substituents is 10. The summed E-state index contributed by atoms with van der Waals surface area (Å²) in [6.07, 6.45) is 31.5. The van der Waals surface area contributed by atoms with Crippen molar-refractivity contribution < 1.29 is 98.7 Å². The van der Waals surface area contributed by atoms with Crippen molar-refractivity contribution in [2.75, 3.05) is 35.5 Å². The molecule has 0 bridgehead atoms. The van der Waals surface area contributed by atoms with Crippen molar-refractivity contribution in [3.05, 3.63) is 358 Å². The molecule has 0 fully saturated rings. The maximum absolute atomic E-state index is 12.1. The second-order valence-electron chi connectivity index (χ2n) is 31.2. The monoisotopic (exact) mass is 1980 g/mol. The normalized spacial score (nSPS) is 11.1. The smallest absolute Gasteiger partial charge is 0.341 e. The van der Waals surface area contributed by atoms with E-state index in [0.29, 0.717) is 86.0 Å². The first-order chi connectivity index (χ1) is 66.2. The number of phenols is 10. The fourth-order valence-electron chi connectivity index (χ4n) is 15.3. The molecule has 39 heteroatoms. The fraction of sp³-hybridized carbons (Fsp3) is 0.232. The Hall–Kier alpha value is -15.2. The summed E-state index contributed by atoms with van der Waals surface area (Å²) in [6, 6.07) is 34.9. The van der Waals surface area contributed by atoms with Gasteiger partial charge in [0.25, 0.3) is 0 Å². The molecule has 0 aliphatic carbocycles. The molecule has 34 nitrogen and oxygen atoms in total. The van der Waals surface area contributed by atoms with Gasteiger partial charge >= 0.3 is 29.8 Å². The minimum absolute atomic E-state index is 0.00256. The third kappa shape index (κ3) is 25.3. The van der Waals surface area contributed by atoms with E-state index in [-0.39, 0.29) is 148 Å². The number of aromatic nitrogens is 14. The number of ether oxygens (including phenoxy) is 5. The molecule has 0 aliphatic heterocycles. The zero-order valence-electron chi connectivity index (χ0n) is 75.8. The van der Waals surface area contributed by atoms with Gasteiger partial charge < -0.3 is 97.6 Å². The van der Waals surface area contributed by atoms with Crippen molar-refractivity contribution in [3.63, 3.8) is 0 Å². The number of aryl methyl sites for hydroxylation is 5. The molecule has 0 saturated carbocycles. The van der Waals surface area contributed by atoms with Gasteiger partial charge in [-0.05, 0) is 116 Å². The van der Waals surface area contributed by atoms with Gasteiger partial charge in [-0.1, -0.05) is 131 Å². The van der Waals surface area contributed by atoms with Gasteiger partial charge in [-0.25, -0.2) is 58.9 Å². The molecular weight excluding hydrogens is 1880 g/mol. The van der Waals surface area contributed by atoms with Crippen LogP contribution in [0.15, 0.2) is 221 Å². The third-order valence-corrected chi connectivity index (χ3v) is 24.4. The number of imidazole rings is 5. The number of carbonyl (C=O) groups is 5. The minimum atomic E-state index is -0.728. The van der Waals surface area contributed by atoms with Crippen molar-refractivity contribution in [2.45, 2.75) is 116 Å². The van der Waals surface area contributed by atoms with Gasteiger partial charge in [-0.15, -0.1) is 0 Å².